The van der Waals surface area contributed by atoms with E-state index < -0.39 is 16.3 Å². The van der Waals surface area contributed by atoms with Gasteiger partial charge in [0.15, 0.2) is 0 Å². The smallest absolute Gasteiger partial charge is 0.315 e. The zero-order chi connectivity index (χ0) is 20.6. The number of carboxylic acid groups (broad SMARTS) is 1. The molecule has 0 aliphatic rings. The summed E-state index contributed by atoms with van der Waals surface area (Å²) in [7, 11) is 0. The number of carboxylic acids is 1. The molecule has 0 heterocycles. The van der Waals surface area contributed by atoms with Crippen LogP contribution in [-0.2, 0) is 15.0 Å². The van der Waals surface area contributed by atoms with Gasteiger partial charge in [-0.1, -0.05) is 30.3 Å². The van der Waals surface area contributed by atoms with Gasteiger partial charge in [0.1, 0.15) is 5.41 Å². The Labute approximate surface area is 162 Å². The molecule has 8 heteroatoms. The number of hydrogen-bond donors (Lipinski definition) is 3. The third-order valence-electron chi connectivity index (χ3n) is 4.51. The number of non-ortho nitro benzene ring substituents is 1. The number of anilines is 1. The molecule has 0 bridgehead atoms. The highest BCUT2D eigenvalue weighted by atomic mass is 16.6. The molecule has 0 spiro atoms. The molecule has 0 fully saturated rings. The van der Waals surface area contributed by atoms with Crippen LogP contribution < -0.4 is 10.6 Å². The maximum atomic E-state index is 12.1. The molecule has 3 N–H and O–H groups in total. The highest BCUT2D eigenvalue weighted by molar-refractivity contribution is 5.83. The van der Waals surface area contributed by atoms with Crippen LogP contribution in [0.5, 0.6) is 0 Å². The fraction of sp³-hybridized carbons (Fsp3) is 0.300. The summed E-state index contributed by atoms with van der Waals surface area (Å²) in [5.41, 5.74) is 0.175. The minimum Gasteiger partial charge on any atom is -0.481 e. The third kappa shape index (κ3) is 5.54. The first-order valence-electron chi connectivity index (χ1n) is 8.87. The number of rotatable bonds is 10. The Bertz CT molecular complexity index is 823. The molecular formula is C20H23N3O5. The molecule has 0 aliphatic carbocycles. The second kappa shape index (κ2) is 9.50. The van der Waals surface area contributed by atoms with E-state index in [2.05, 4.69) is 10.6 Å². The van der Waals surface area contributed by atoms with Gasteiger partial charge in [0.05, 0.1) is 4.92 Å². The van der Waals surface area contributed by atoms with E-state index in [1.54, 1.807) is 43.3 Å². The number of hydrogen-bond acceptors (Lipinski definition) is 5. The Hall–Kier alpha value is -3.42. The lowest BCUT2D eigenvalue weighted by molar-refractivity contribution is -0.384. The van der Waals surface area contributed by atoms with Gasteiger partial charge in [-0.15, -0.1) is 0 Å². The van der Waals surface area contributed by atoms with Gasteiger partial charge in [-0.25, -0.2) is 0 Å². The predicted molar refractivity (Wildman–Crippen MR) is 105 cm³/mol. The van der Waals surface area contributed by atoms with Crippen LogP contribution in [0.3, 0.4) is 0 Å². The van der Waals surface area contributed by atoms with E-state index in [9.17, 15) is 24.8 Å². The average molecular weight is 385 g/mol. The molecular weight excluding hydrogens is 362 g/mol. The number of carbonyl (C=O) groups excluding carboxylic acids is 1. The van der Waals surface area contributed by atoms with Crippen LogP contribution >= 0.6 is 0 Å². The summed E-state index contributed by atoms with van der Waals surface area (Å²) >= 11 is 0. The lowest BCUT2D eigenvalue weighted by Gasteiger charge is -2.25. The van der Waals surface area contributed by atoms with Crippen molar-refractivity contribution in [3.8, 4) is 0 Å². The Kier molecular flexibility index (Phi) is 7.08. The lowest BCUT2D eigenvalue weighted by atomic mass is 9.82. The fourth-order valence-electron chi connectivity index (χ4n) is 2.65. The Morgan fingerprint density at radius 1 is 1.11 bits per heavy atom. The molecule has 28 heavy (non-hydrogen) atoms. The summed E-state index contributed by atoms with van der Waals surface area (Å²) in [5.74, 6) is -1.23. The van der Waals surface area contributed by atoms with Gasteiger partial charge in [0.2, 0.25) is 5.91 Å². The van der Waals surface area contributed by atoms with E-state index in [-0.39, 0.29) is 24.6 Å². The highest BCUT2D eigenvalue weighted by Crippen LogP contribution is 2.23. The Morgan fingerprint density at radius 3 is 2.32 bits per heavy atom. The molecule has 0 saturated heterocycles. The van der Waals surface area contributed by atoms with Crippen molar-refractivity contribution in [1.29, 1.82) is 0 Å². The highest BCUT2D eigenvalue weighted by Gasteiger charge is 2.35. The van der Waals surface area contributed by atoms with E-state index in [4.69, 9.17) is 0 Å². The quantitative estimate of drug-likeness (QED) is 0.328. The minimum absolute atomic E-state index is 0.000954. The molecule has 2 aromatic rings. The lowest BCUT2D eigenvalue weighted by Crippen LogP contribution is -2.44. The molecule has 0 aromatic heterocycles. The largest absolute Gasteiger partial charge is 0.481 e. The zero-order valence-electron chi connectivity index (χ0n) is 15.6. The maximum Gasteiger partial charge on any atom is 0.315 e. The molecule has 1 unspecified atom stereocenters. The summed E-state index contributed by atoms with van der Waals surface area (Å²) in [4.78, 5) is 33.9. The normalized spacial score (nSPS) is 12.6. The first-order valence-corrected chi connectivity index (χ1v) is 8.87. The van der Waals surface area contributed by atoms with Crippen LogP contribution in [0.1, 0.15) is 25.3 Å². The first-order chi connectivity index (χ1) is 13.3. The van der Waals surface area contributed by atoms with Gasteiger partial charge in [0.25, 0.3) is 5.69 Å². The van der Waals surface area contributed by atoms with Crippen LogP contribution in [0, 0.1) is 10.1 Å². The summed E-state index contributed by atoms with van der Waals surface area (Å²) in [6.07, 6.45) is 0.780. The van der Waals surface area contributed by atoms with Crippen molar-refractivity contribution in [1.82, 2.24) is 5.32 Å². The number of nitro groups is 1. The Balaban J connectivity index is 1.77. The van der Waals surface area contributed by atoms with Crippen molar-refractivity contribution in [2.24, 2.45) is 0 Å². The van der Waals surface area contributed by atoms with E-state index in [1.807, 2.05) is 6.07 Å². The van der Waals surface area contributed by atoms with E-state index in [0.717, 1.165) is 5.69 Å². The average Bonchev–Trinajstić information content (AvgIpc) is 2.70. The minimum atomic E-state index is -1.20. The number of nitrogens with zero attached hydrogens (tertiary/aromatic N) is 1. The van der Waals surface area contributed by atoms with Crippen molar-refractivity contribution in [2.45, 2.75) is 25.2 Å². The SMILES string of the molecule is CC(CNC(=O)CCCNc1ccc([N+](=O)[O-])cc1)(C(=O)O)c1ccccc1. The Morgan fingerprint density at radius 2 is 1.75 bits per heavy atom. The molecule has 8 nitrogen and oxygen atoms in total. The number of amides is 1. The van der Waals surface area contributed by atoms with Gasteiger partial charge in [-0.05, 0) is 31.0 Å². The van der Waals surface area contributed by atoms with Crippen molar-refractivity contribution < 1.29 is 19.6 Å². The molecule has 0 radical (unpaired) electrons. The van der Waals surface area contributed by atoms with Crippen molar-refractivity contribution in [3.05, 3.63) is 70.3 Å². The monoisotopic (exact) mass is 385 g/mol. The van der Waals surface area contributed by atoms with Crippen molar-refractivity contribution in [3.63, 3.8) is 0 Å². The standard InChI is InChI=1S/C20H23N3O5/c1-20(19(25)26,15-6-3-2-4-7-15)14-22-18(24)8-5-13-21-16-9-11-17(12-10-16)23(27)28/h2-4,6-7,9-12,21H,5,8,13-14H2,1H3,(H,22,24)(H,25,26). The second-order valence-electron chi connectivity index (χ2n) is 6.61. The van der Waals surface area contributed by atoms with Crippen LogP contribution in [-0.4, -0.2) is 35.0 Å². The van der Waals surface area contributed by atoms with Crippen molar-refractivity contribution >= 4 is 23.3 Å². The van der Waals surface area contributed by atoms with Gasteiger partial charge < -0.3 is 15.7 Å². The van der Waals surface area contributed by atoms with E-state index in [0.29, 0.717) is 18.5 Å². The molecule has 0 saturated carbocycles. The van der Waals surface area contributed by atoms with E-state index >= 15 is 0 Å². The van der Waals surface area contributed by atoms with Crippen molar-refractivity contribution in [2.75, 3.05) is 18.4 Å². The maximum absolute atomic E-state index is 12.1. The molecule has 1 atom stereocenters. The van der Waals surface area contributed by atoms with Gasteiger partial charge in [-0.2, -0.15) is 0 Å². The summed E-state index contributed by atoms with van der Waals surface area (Å²) < 4.78 is 0. The molecule has 0 aliphatic heterocycles. The number of benzene rings is 2. The van der Waals surface area contributed by atoms with Gasteiger partial charge >= 0.3 is 5.97 Å². The van der Waals surface area contributed by atoms with Gasteiger partial charge in [-0.3, -0.25) is 19.7 Å². The van der Waals surface area contributed by atoms with Crippen LogP contribution in [0.2, 0.25) is 0 Å². The number of nitro benzene ring substituents is 1. The molecule has 148 valence electrons. The third-order valence-corrected chi connectivity index (χ3v) is 4.51. The molecule has 1 amide bonds. The predicted octanol–water partition coefficient (Wildman–Crippen LogP) is 2.95. The van der Waals surface area contributed by atoms with Crippen LogP contribution in [0.4, 0.5) is 11.4 Å². The van der Waals surface area contributed by atoms with Gasteiger partial charge in [0, 0.05) is 37.3 Å². The van der Waals surface area contributed by atoms with E-state index in [1.165, 1.54) is 12.1 Å². The number of nitrogens with one attached hydrogen (secondary N) is 2. The van der Waals surface area contributed by atoms with Crippen LogP contribution in [0.15, 0.2) is 54.6 Å². The molecule has 2 aromatic carbocycles. The number of aliphatic carboxylic acids is 1. The number of carbonyl (C=O) groups is 2. The zero-order valence-corrected chi connectivity index (χ0v) is 15.6. The summed E-state index contributed by atoms with van der Waals surface area (Å²) in [6, 6.07) is 14.8. The summed E-state index contributed by atoms with van der Waals surface area (Å²) in [5, 5.41) is 26.0. The fourth-order valence-corrected chi connectivity index (χ4v) is 2.65. The topological polar surface area (TPSA) is 122 Å². The second-order valence-corrected chi connectivity index (χ2v) is 6.61. The van der Waals surface area contributed by atoms with Crippen LogP contribution in [0.25, 0.3) is 0 Å². The summed E-state index contributed by atoms with van der Waals surface area (Å²) in [6.45, 7) is 2.10. The first kappa shape index (κ1) is 20.9. The molecule has 2 rings (SSSR count).